The predicted octanol–water partition coefficient (Wildman–Crippen LogP) is 0.757. The maximum atomic E-state index is 9.02. The highest BCUT2D eigenvalue weighted by molar-refractivity contribution is 4.55. The quantitative estimate of drug-likeness (QED) is 0.540. The minimum atomic E-state index is -0.156. The van der Waals surface area contributed by atoms with Gasteiger partial charge in [0.15, 0.2) is 0 Å². The third-order valence-electron chi connectivity index (χ3n) is 1.28. The van der Waals surface area contributed by atoms with E-state index in [1.807, 2.05) is 6.92 Å². The van der Waals surface area contributed by atoms with Crippen LogP contribution in [-0.4, -0.2) is 24.3 Å². The number of hydrogen-bond acceptors (Lipinski definition) is 2. The van der Waals surface area contributed by atoms with Crippen LogP contribution in [0.15, 0.2) is 0 Å². The maximum absolute atomic E-state index is 9.02. The molecule has 0 aliphatic rings. The molecule has 0 saturated heterocycles. The second-order valence-corrected chi connectivity index (χ2v) is 2.27. The van der Waals surface area contributed by atoms with Crippen LogP contribution in [0.2, 0.25) is 0 Å². The molecule has 2 nitrogen and oxygen atoms in total. The number of rotatable bonds is 5. The van der Waals surface area contributed by atoms with Gasteiger partial charge in [0.2, 0.25) is 0 Å². The van der Waals surface area contributed by atoms with E-state index < -0.39 is 0 Å². The Morgan fingerprint density at radius 2 is 2.11 bits per heavy atom. The highest BCUT2D eigenvalue weighted by atomic mass is 16.3. The molecule has 56 valence electrons. The minimum absolute atomic E-state index is 0.156. The average Bonchev–Trinajstić information content (AvgIpc) is 1.89. The molecule has 0 heterocycles. The van der Waals surface area contributed by atoms with Crippen LogP contribution in [-0.2, 0) is 0 Å². The van der Waals surface area contributed by atoms with Crippen molar-refractivity contribution in [1.82, 2.24) is 5.32 Å². The van der Waals surface area contributed by atoms with E-state index in [9.17, 15) is 0 Å². The molecule has 0 fully saturated rings. The van der Waals surface area contributed by atoms with Crippen molar-refractivity contribution in [2.45, 2.75) is 32.8 Å². The van der Waals surface area contributed by atoms with Crippen LogP contribution in [0.25, 0.3) is 0 Å². The Hall–Kier alpha value is -0.0800. The van der Waals surface area contributed by atoms with Gasteiger partial charge < -0.3 is 10.4 Å². The molecule has 0 spiro atoms. The van der Waals surface area contributed by atoms with Crippen LogP contribution in [0.5, 0.6) is 0 Å². The van der Waals surface area contributed by atoms with Crippen molar-refractivity contribution in [3.8, 4) is 0 Å². The van der Waals surface area contributed by atoms with Crippen LogP contribution >= 0.6 is 0 Å². The van der Waals surface area contributed by atoms with Gasteiger partial charge in [-0.15, -0.1) is 0 Å². The van der Waals surface area contributed by atoms with E-state index in [2.05, 4.69) is 12.2 Å². The smallest absolute Gasteiger partial charge is 0.0662 e. The van der Waals surface area contributed by atoms with Crippen molar-refractivity contribution < 1.29 is 5.11 Å². The summed E-state index contributed by atoms with van der Waals surface area (Å²) >= 11 is 0. The predicted molar refractivity (Wildman–Crippen MR) is 39.5 cm³/mol. The fourth-order valence-corrected chi connectivity index (χ4v) is 0.590. The van der Waals surface area contributed by atoms with Crippen LogP contribution in [0.4, 0.5) is 0 Å². The van der Waals surface area contributed by atoms with E-state index in [0.717, 1.165) is 25.9 Å². The van der Waals surface area contributed by atoms with Crippen molar-refractivity contribution >= 4 is 0 Å². The summed E-state index contributed by atoms with van der Waals surface area (Å²) in [5.74, 6) is 0. The highest BCUT2D eigenvalue weighted by Gasteiger charge is 1.96. The molecular weight excluding hydrogens is 114 g/mol. The van der Waals surface area contributed by atoms with Gasteiger partial charge in [-0.2, -0.15) is 0 Å². The summed E-state index contributed by atoms with van der Waals surface area (Å²) in [5.41, 5.74) is 0. The fourth-order valence-electron chi connectivity index (χ4n) is 0.590. The summed E-state index contributed by atoms with van der Waals surface area (Å²) < 4.78 is 0. The standard InChI is InChI=1S/C7H17NO/c1-3-5-8-6-7(9)4-2/h7-9H,3-6H2,1-2H3. The number of nitrogens with one attached hydrogen (secondary N) is 1. The third-order valence-corrected chi connectivity index (χ3v) is 1.28. The summed E-state index contributed by atoms with van der Waals surface area (Å²) in [7, 11) is 0. The van der Waals surface area contributed by atoms with Crippen molar-refractivity contribution in [2.75, 3.05) is 13.1 Å². The lowest BCUT2D eigenvalue weighted by Gasteiger charge is -2.07. The molecule has 0 aromatic rings. The van der Waals surface area contributed by atoms with Crippen LogP contribution in [0.1, 0.15) is 26.7 Å². The van der Waals surface area contributed by atoms with E-state index in [1.54, 1.807) is 0 Å². The summed E-state index contributed by atoms with van der Waals surface area (Å²) in [6, 6.07) is 0. The Balaban J connectivity index is 2.88. The Morgan fingerprint density at radius 3 is 2.56 bits per heavy atom. The fraction of sp³-hybridized carbons (Fsp3) is 1.00. The molecule has 0 bridgehead atoms. The number of aliphatic hydroxyl groups is 1. The zero-order chi connectivity index (χ0) is 7.11. The summed E-state index contributed by atoms with van der Waals surface area (Å²) in [6.45, 7) is 5.85. The van der Waals surface area contributed by atoms with E-state index in [4.69, 9.17) is 5.11 Å². The number of aliphatic hydroxyl groups excluding tert-OH is 1. The molecule has 0 aliphatic heterocycles. The molecule has 0 amide bonds. The van der Waals surface area contributed by atoms with Gasteiger partial charge in [-0.25, -0.2) is 0 Å². The van der Waals surface area contributed by atoms with Gasteiger partial charge in [0.1, 0.15) is 0 Å². The molecule has 0 aromatic carbocycles. The monoisotopic (exact) mass is 131 g/mol. The highest BCUT2D eigenvalue weighted by Crippen LogP contribution is 1.85. The maximum Gasteiger partial charge on any atom is 0.0662 e. The average molecular weight is 131 g/mol. The van der Waals surface area contributed by atoms with Crippen molar-refractivity contribution in [1.29, 1.82) is 0 Å². The van der Waals surface area contributed by atoms with Gasteiger partial charge in [0.25, 0.3) is 0 Å². The first-order chi connectivity index (χ1) is 4.31. The first kappa shape index (κ1) is 8.92. The summed E-state index contributed by atoms with van der Waals surface area (Å²) in [5, 5.41) is 12.2. The lowest BCUT2D eigenvalue weighted by molar-refractivity contribution is 0.167. The Bertz CT molecular complexity index is 56.9. The van der Waals surface area contributed by atoms with Crippen molar-refractivity contribution in [2.24, 2.45) is 0 Å². The lowest BCUT2D eigenvalue weighted by Crippen LogP contribution is -2.26. The molecule has 2 heteroatoms. The zero-order valence-corrected chi connectivity index (χ0v) is 6.35. The van der Waals surface area contributed by atoms with Gasteiger partial charge in [0.05, 0.1) is 6.10 Å². The first-order valence-electron chi connectivity index (χ1n) is 3.70. The molecule has 0 aliphatic carbocycles. The second-order valence-electron chi connectivity index (χ2n) is 2.27. The van der Waals surface area contributed by atoms with E-state index in [0.29, 0.717) is 0 Å². The van der Waals surface area contributed by atoms with Gasteiger partial charge >= 0.3 is 0 Å². The Kier molecular flexibility index (Phi) is 5.99. The molecule has 0 saturated carbocycles. The SMILES string of the molecule is CCCNCC(O)CC. The normalized spacial score (nSPS) is 13.7. The number of hydrogen-bond donors (Lipinski definition) is 2. The molecule has 1 atom stereocenters. The Labute approximate surface area is 57.3 Å². The third kappa shape index (κ3) is 5.80. The topological polar surface area (TPSA) is 32.3 Å². The lowest BCUT2D eigenvalue weighted by atomic mass is 10.3. The molecule has 1 unspecified atom stereocenters. The van der Waals surface area contributed by atoms with Crippen molar-refractivity contribution in [3.63, 3.8) is 0 Å². The molecule has 0 aromatic heterocycles. The first-order valence-corrected chi connectivity index (χ1v) is 3.70. The minimum Gasteiger partial charge on any atom is -0.392 e. The van der Waals surface area contributed by atoms with Gasteiger partial charge in [-0.05, 0) is 19.4 Å². The van der Waals surface area contributed by atoms with Crippen LogP contribution < -0.4 is 5.32 Å². The van der Waals surface area contributed by atoms with Crippen LogP contribution in [0.3, 0.4) is 0 Å². The Morgan fingerprint density at radius 1 is 1.44 bits per heavy atom. The largest absolute Gasteiger partial charge is 0.392 e. The van der Waals surface area contributed by atoms with Gasteiger partial charge in [-0.1, -0.05) is 13.8 Å². The van der Waals surface area contributed by atoms with E-state index in [-0.39, 0.29) is 6.10 Å². The van der Waals surface area contributed by atoms with Gasteiger partial charge in [-0.3, -0.25) is 0 Å². The molecule has 9 heavy (non-hydrogen) atoms. The van der Waals surface area contributed by atoms with Crippen LogP contribution in [0, 0.1) is 0 Å². The van der Waals surface area contributed by atoms with Gasteiger partial charge in [0, 0.05) is 6.54 Å². The van der Waals surface area contributed by atoms with E-state index >= 15 is 0 Å². The zero-order valence-electron chi connectivity index (χ0n) is 6.35. The molecular formula is C7H17NO. The molecule has 0 radical (unpaired) electrons. The second kappa shape index (κ2) is 6.05. The van der Waals surface area contributed by atoms with E-state index in [1.165, 1.54) is 0 Å². The molecule has 2 N–H and O–H groups in total. The molecule has 0 rings (SSSR count). The summed E-state index contributed by atoms with van der Waals surface area (Å²) in [6.07, 6.45) is 1.82. The van der Waals surface area contributed by atoms with Crippen molar-refractivity contribution in [3.05, 3.63) is 0 Å². The summed E-state index contributed by atoms with van der Waals surface area (Å²) in [4.78, 5) is 0.